The van der Waals surface area contributed by atoms with Crippen LogP contribution in [0.5, 0.6) is 5.75 Å². The van der Waals surface area contributed by atoms with Gasteiger partial charge in [-0.2, -0.15) is 0 Å². The highest BCUT2D eigenvalue weighted by Gasteiger charge is 2.54. The number of carbonyl (C=O) groups excluding carboxylic acids is 2. The van der Waals surface area contributed by atoms with Crippen LogP contribution in [-0.2, 0) is 17.8 Å². The molecule has 1 aromatic carbocycles. The van der Waals surface area contributed by atoms with E-state index < -0.39 is 63.8 Å². The lowest BCUT2D eigenvalue weighted by Crippen LogP contribution is -2.64. The summed E-state index contributed by atoms with van der Waals surface area (Å²) in [6.07, 6.45) is 3.37. The Hall–Kier alpha value is -3.34. The zero-order valence-corrected chi connectivity index (χ0v) is 17.5. The van der Waals surface area contributed by atoms with Crippen molar-refractivity contribution in [3.63, 3.8) is 0 Å². The first kappa shape index (κ1) is 21.5. The third-order valence-electron chi connectivity index (χ3n) is 6.57. The minimum absolute atomic E-state index is 0.00171. The number of ether oxygens (including phenoxy) is 1. The maximum atomic E-state index is 13.9. The van der Waals surface area contributed by atoms with Crippen LogP contribution in [-0.4, -0.2) is 44.3 Å². The Morgan fingerprint density at radius 2 is 1.94 bits per heavy atom. The summed E-state index contributed by atoms with van der Waals surface area (Å²) in [6.45, 7) is 1.17. The molecule has 0 spiro atoms. The number of pyridine rings is 1. The Bertz CT molecular complexity index is 1240. The third-order valence-corrected chi connectivity index (χ3v) is 6.57. The summed E-state index contributed by atoms with van der Waals surface area (Å²) in [4.78, 5) is 40.1. The highest BCUT2D eigenvalue weighted by atomic mass is 19.1. The minimum atomic E-state index is -1.19. The van der Waals surface area contributed by atoms with E-state index >= 15 is 0 Å². The maximum absolute atomic E-state index is 13.9. The molecule has 2 aliphatic heterocycles. The quantitative estimate of drug-likeness (QED) is 0.726. The van der Waals surface area contributed by atoms with Crippen LogP contribution in [0.1, 0.15) is 52.6 Å². The molecular weight excluding hydrogens is 443 g/mol. The molecule has 2 fully saturated rings. The first-order valence-corrected chi connectivity index (χ1v) is 10.5. The van der Waals surface area contributed by atoms with Crippen molar-refractivity contribution >= 4 is 11.8 Å². The van der Waals surface area contributed by atoms with Crippen LogP contribution in [0, 0.1) is 17.5 Å². The van der Waals surface area contributed by atoms with Crippen molar-refractivity contribution in [3.05, 3.63) is 62.8 Å². The van der Waals surface area contributed by atoms with Crippen molar-refractivity contribution < 1.29 is 32.6 Å². The van der Waals surface area contributed by atoms with Crippen LogP contribution in [0.15, 0.2) is 23.1 Å². The van der Waals surface area contributed by atoms with Crippen molar-refractivity contribution in [2.75, 3.05) is 0 Å². The van der Waals surface area contributed by atoms with Gasteiger partial charge in [-0.1, -0.05) is 0 Å². The van der Waals surface area contributed by atoms with Gasteiger partial charge in [0.05, 0.1) is 12.6 Å². The van der Waals surface area contributed by atoms with Gasteiger partial charge in [0.1, 0.15) is 23.0 Å². The van der Waals surface area contributed by atoms with Crippen LogP contribution in [0.3, 0.4) is 0 Å². The Morgan fingerprint density at radius 3 is 2.64 bits per heavy atom. The van der Waals surface area contributed by atoms with E-state index in [9.17, 15) is 32.7 Å². The second-order valence-electron chi connectivity index (χ2n) is 8.78. The number of rotatable bonds is 3. The zero-order valence-electron chi connectivity index (χ0n) is 17.5. The van der Waals surface area contributed by atoms with Gasteiger partial charge in [0.2, 0.25) is 5.43 Å². The van der Waals surface area contributed by atoms with E-state index in [-0.39, 0.29) is 24.4 Å². The summed E-state index contributed by atoms with van der Waals surface area (Å²) in [5.74, 6) is -5.96. The number of benzene rings is 1. The fourth-order valence-electron chi connectivity index (χ4n) is 5.15. The van der Waals surface area contributed by atoms with Crippen molar-refractivity contribution in [3.8, 4) is 5.75 Å². The molecule has 1 saturated heterocycles. The number of nitrogens with zero attached hydrogens (tertiary/aromatic N) is 2. The summed E-state index contributed by atoms with van der Waals surface area (Å²) < 4.78 is 48.2. The number of hydrogen-bond acceptors (Lipinski definition) is 5. The van der Waals surface area contributed by atoms with Crippen LogP contribution >= 0.6 is 0 Å². The van der Waals surface area contributed by atoms with E-state index in [4.69, 9.17) is 4.74 Å². The fourth-order valence-corrected chi connectivity index (χ4v) is 5.15. The largest absolute Gasteiger partial charge is 0.503 e. The van der Waals surface area contributed by atoms with E-state index in [1.165, 1.54) is 4.57 Å². The fraction of sp³-hybridized carbons (Fsp3) is 0.409. The average Bonchev–Trinajstić information content (AvgIpc) is 3.10. The topological polar surface area (TPSA) is 101 Å². The van der Waals surface area contributed by atoms with Crippen LogP contribution < -0.4 is 10.7 Å². The minimum Gasteiger partial charge on any atom is -0.503 e. The van der Waals surface area contributed by atoms with Crippen LogP contribution in [0.2, 0.25) is 0 Å². The number of fused-ring (bicyclic) bond motifs is 5. The van der Waals surface area contributed by atoms with Gasteiger partial charge in [0, 0.05) is 36.5 Å². The molecule has 33 heavy (non-hydrogen) atoms. The number of aromatic nitrogens is 1. The molecule has 1 aromatic heterocycles. The van der Waals surface area contributed by atoms with Gasteiger partial charge >= 0.3 is 0 Å². The molecule has 8 nitrogen and oxygen atoms in total. The summed E-state index contributed by atoms with van der Waals surface area (Å²) >= 11 is 0. The van der Waals surface area contributed by atoms with Gasteiger partial charge < -0.3 is 24.6 Å². The van der Waals surface area contributed by atoms with E-state index in [2.05, 4.69) is 5.32 Å². The molecule has 5 rings (SSSR count). The molecule has 2 aromatic rings. The molecule has 0 unspecified atom stereocenters. The lowest BCUT2D eigenvalue weighted by molar-refractivity contribution is -0.202. The lowest BCUT2D eigenvalue weighted by Gasteiger charge is -2.51. The molecule has 2 N–H and O–H groups in total. The summed E-state index contributed by atoms with van der Waals surface area (Å²) in [7, 11) is 0. The third kappa shape index (κ3) is 3.29. The molecule has 3 atom stereocenters. The summed E-state index contributed by atoms with van der Waals surface area (Å²) in [5.41, 5.74) is -3.43. The van der Waals surface area contributed by atoms with Crippen LogP contribution in [0.4, 0.5) is 13.2 Å². The highest BCUT2D eigenvalue weighted by Crippen LogP contribution is 2.44. The number of amides is 2. The van der Waals surface area contributed by atoms with E-state index in [1.807, 2.05) is 0 Å². The average molecular weight is 463 g/mol. The van der Waals surface area contributed by atoms with Gasteiger partial charge in [-0.3, -0.25) is 14.4 Å². The monoisotopic (exact) mass is 463 g/mol. The van der Waals surface area contributed by atoms with Gasteiger partial charge in [-0.05, 0) is 26.2 Å². The normalized spacial score (nSPS) is 25.6. The first-order valence-electron chi connectivity index (χ1n) is 10.5. The predicted octanol–water partition coefficient (Wildman–Crippen LogP) is 2.02. The van der Waals surface area contributed by atoms with Crippen molar-refractivity contribution in [1.29, 1.82) is 0 Å². The summed E-state index contributed by atoms with van der Waals surface area (Å²) in [6, 6.07) is 0.881. The van der Waals surface area contributed by atoms with E-state index in [1.54, 1.807) is 11.8 Å². The molecule has 1 aliphatic carbocycles. The van der Waals surface area contributed by atoms with Gasteiger partial charge in [-0.15, -0.1) is 0 Å². The zero-order chi connectivity index (χ0) is 23.7. The molecule has 174 valence electrons. The number of hydrogen-bond donors (Lipinski definition) is 2. The Morgan fingerprint density at radius 1 is 1.24 bits per heavy atom. The van der Waals surface area contributed by atoms with Crippen LogP contribution in [0.25, 0.3) is 0 Å². The van der Waals surface area contributed by atoms with Gasteiger partial charge in [0.25, 0.3) is 11.8 Å². The van der Waals surface area contributed by atoms with Crippen molar-refractivity contribution in [1.82, 2.24) is 14.8 Å². The highest BCUT2D eigenvalue weighted by molar-refractivity contribution is 5.99. The summed E-state index contributed by atoms with van der Waals surface area (Å²) in [5, 5.41) is 12.7. The molecule has 11 heteroatoms. The lowest BCUT2D eigenvalue weighted by atomic mass is 10.00. The Labute approximate surface area is 185 Å². The SMILES string of the molecule is C[C@@]12Cn3cc(C(=O)NCc4c(F)cc(F)cc4F)c(=O)c(O)c3C(=O)N1[C@H]1CC[C@H](C1)O2. The number of nitrogens with one attached hydrogen (secondary N) is 1. The van der Waals surface area contributed by atoms with E-state index in [0.717, 1.165) is 19.0 Å². The molecule has 0 radical (unpaired) electrons. The Balaban J connectivity index is 1.47. The van der Waals surface area contributed by atoms with Gasteiger partial charge in [0.15, 0.2) is 17.2 Å². The van der Waals surface area contributed by atoms with Gasteiger partial charge in [-0.25, -0.2) is 13.2 Å². The smallest absolute Gasteiger partial charge is 0.277 e. The van der Waals surface area contributed by atoms with Crippen molar-refractivity contribution in [2.45, 2.75) is 57.1 Å². The predicted molar refractivity (Wildman–Crippen MR) is 107 cm³/mol. The molecule has 1 saturated carbocycles. The number of halogens is 3. The van der Waals surface area contributed by atoms with Crippen molar-refractivity contribution in [2.24, 2.45) is 0 Å². The molecule has 3 heterocycles. The molecule has 2 bridgehead atoms. The first-order chi connectivity index (χ1) is 15.6. The standard InChI is InChI=1S/C22H20F3N3O5/c1-22-9-27-8-14(20(31)26-7-13-15(24)4-10(23)5-16(13)25)18(29)19(30)17(27)21(32)28(22)11-2-3-12(6-11)33-22/h4-5,8,11-12,30H,2-3,6-7,9H2,1H3,(H,26,31)/t11-,12+,22+/m0/s1. The number of carbonyl (C=O) groups is 2. The maximum Gasteiger partial charge on any atom is 0.277 e. The molecule has 2 amide bonds. The second-order valence-corrected chi connectivity index (χ2v) is 8.78. The second kappa shape index (κ2) is 7.34. The number of aromatic hydroxyl groups is 1. The van der Waals surface area contributed by atoms with E-state index in [0.29, 0.717) is 18.6 Å². The molecular formula is C22H20F3N3O5. The molecule has 3 aliphatic rings. The Kier molecular flexibility index (Phi) is 4.78.